The molecule has 3 aromatic rings. The van der Waals surface area contributed by atoms with E-state index in [-0.39, 0.29) is 5.78 Å². The Kier molecular flexibility index (Phi) is 8.12. The van der Waals surface area contributed by atoms with E-state index in [0.717, 1.165) is 36.0 Å². The minimum absolute atomic E-state index is 0.145. The third-order valence-electron chi connectivity index (χ3n) is 6.04. The van der Waals surface area contributed by atoms with Gasteiger partial charge in [-0.2, -0.15) is 0 Å². The molecule has 0 N–H and O–H groups in total. The number of rotatable bonds is 10. The highest BCUT2D eigenvalue weighted by Crippen LogP contribution is 2.45. The van der Waals surface area contributed by atoms with Crippen molar-refractivity contribution in [2.45, 2.75) is 59.0 Å². The second-order valence-electron chi connectivity index (χ2n) is 7.91. The average molecular weight is 448 g/mol. The molecule has 0 aliphatic heterocycles. The predicted octanol–water partition coefficient (Wildman–Crippen LogP) is 6.95. The van der Waals surface area contributed by atoms with E-state index in [9.17, 15) is 9.36 Å². The van der Waals surface area contributed by atoms with Crippen LogP contribution in [0.1, 0.15) is 66.7 Å². The zero-order valence-electron chi connectivity index (χ0n) is 19.4. The zero-order chi connectivity index (χ0) is 23.1. The van der Waals surface area contributed by atoms with Gasteiger partial charge in [0.25, 0.3) is 0 Å². The molecule has 0 bridgehead atoms. The summed E-state index contributed by atoms with van der Waals surface area (Å²) < 4.78 is 19.8. The van der Waals surface area contributed by atoms with E-state index in [2.05, 4.69) is 32.9 Å². The largest absolute Gasteiger partial charge is 0.550 e. The Labute approximate surface area is 192 Å². The van der Waals surface area contributed by atoms with Crippen molar-refractivity contribution >= 4 is 19.1 Å². The van der Waals surface area contributed by atoms with E-state index in [1.807, 2.05) is 55.5 Å². The molecule has 2 atom stereocenters. The summed E-state index contributed by atoms with van der Waals surface area (Å²) in [4.78, 5) is 14.1. The van der Waals surface area contributed by atoms with Crippen LogP contribution >= 0.6 is 8.03 Å². The molecule has 4 heteroatoms. The first kappa shape index (κ1) is 24.0. The van der Waals surface area contributed by atoms with Gasteiger partial charge in [-0.25, -0.2) is 0 Å². The minimum atomic E-state index is -2.23. The molecule has 0 spiro atoms. The number of ketones is 1. The highest BCUT2D eigenvalue weighted by Gasteiger charge is 2.50. The molecule has 0 aliphatic rings. The van der Waals surface area contributed by atoms with Gasteiger partial charge in [0.15, 0.2) is 0 Å². The third-order valence-corrected chi connectivity index (χ3v) is 7.24. The van der Waals surface area contributed by atoms with Gasteiger partial charge in [0, 0.05) is 11.1 Å². The summed E-state index contributed by atoms with van der Waals surface area (Å²) in [6, 6.07) is 22.7. The van der Waals surface area contributed by atoms with Crippen LogP contribution in [0.3, 0.4) is 0 Å². The first-order valence-electron chi connectivity index (χ1n) is 11.5. The topological polar surface area (TPSA) is 43.4 Å². The maximum atomic E-state index is 14.1. The number of hydrogen-bond acceptors (Lipinski definition) is 3. The molecule has 0 aliphatic carbocycles. The van der Waals surface area contributed by atoms with Crippen molar-refractivity contribution in [3.63, 3.8) is 0 Å². The average Bonchev–Trinajstić information content (AvgIpc) is 2.87. The first-order chi connectivity index (χ1) is 15.5. The smallest absolute Gasteiger partial charge is 0.290 e. The van der Waals surface area contributed by atoms with Gasteiger partial charge < -0.3 is 0 Å². The van der Waals surface area contributed by atoms with Crippen LogP contribution in [0.25, 0.3) is 0 Å². The van der Waals surface area contributed by atoms with Crippen molar-refractivity contribution in [3.05, 3.63) is 101 Å². The van der Waals surface area contributed by atoms with E-state index >= 15 is 0 Å². The quantitative estimate of drug-likeness (QED) is 0.250. The highest BCUT2D eigenvalue weighted by molar-refractivity contribution is 7.48. The fraction of sp³-hybridized carbons (Fsp3) is 0.321. The van der Waals surface area contributed by atoms with Crippen LogP contribution in [-0.4, -0.2) is 5.78 Å². The van der Waals surface area contributed by atoms with Gasteiger partial charge in [-0.05, 0) is 59.1 Å². The van der Waals surface area contributed by atoms with Gasteiger partial charge in [-0.1, -0.05) is 88.4 Å². The number of carbonyl (C=O) groups is 1. The molecule has 3 rings (SSSR count). The molecule has 0 aromatic heterocycles. The highest BCUT2D eigenvalue weighted by atomic mass is 31.1. The molecule has 0 heterocycles. The summed E-state index contributed by atoms with van der Waals surface area (Å²) in [5, 5.41) is 0.586. The number of hydrogen-bond donors (Lipinski definition) is 0. The molecular weight excluding hydrogens is 415 g/mol. The Morgan fingerprint density at radius 1 is 0.812 bits per heavy atom. The van der Waals surface area contributed by atoms with Gasteiger partial charge >= 0.3 is 8.03 Å². The number of Topliss-reactive ketones (excluding diaryl/α,β-unsaturated/α-hetero) is 1. The Hall–Kier alpha value is -2.61. The van der Waals surface area contributed by atoms with Crippen LogP contribution in [0.2, 0.25) is 0 Å². The molecule has 0 amide bonds. The number of aryl methyl sites for hydroxylation is 3. The molecule has 0 radical (unpaired) electrons. The molecule has 166 valence electrons. The van der Waals surface area contributed by atoms with Gasteiger partial charge in [-0.3, -0.25) is 4.79 Å². The van der Waals surface area contributed by atoms with Crippen molar-refractivity contribution < 1.29 is 13.9 Å². The van der Waals surface area contributed by atoms with Crippen molar-refractivity contribution in [2.24, 2.45) is 0 Å². The van der Waals surface area contributed by atoms with Gasteiger partial charge in [0.1, 0.15) is 0 Å². The lowest BCUT2D eigenvalue weighted by atomic mass is 9.77. The van der Waals surface area contributed by atoms with Crippen molar-refractivity contribution in [3.8, 4) is 0 Å². The normalized spacial score (nSPS) is 13.4. The second-order valence-corrected chi connectivity index (χ2v) is 9.12. The lowest BCUT2D eigenvalue weighted by Crippen LogP contribution is -2.39. The van der Waals surface area contributed by atoms with Crippen LogP contribution in [0.4, 0.5) is 0 Å². The molecular formula is C28H32O3P+. The summed E-state index contributed by atoms with van der Waals surface area (Å²) in [6.07, 6.45) is 2.85. The molecule has 0 saturated heterocycles. The molecule has 32 heavy (non-hydrogen) atoms. The predicted molar refractivity (Wildman–Crippen MR) is 132 cm³/mol. The van der Waals surface area contributed by atoms with E-state index in [0.29, 0.717) is 17.3 Å². The number of benzene rings is 3. The Morgan fingerprint density at radius 3 is 1.81 bits per heavy atom. The summed E-state index contributed by atoms with van der Waals surface area (Å²) in [5.74, 6) is -0.145. The Balaban J connectivity index is 2.27. The van der Waals surface area contributed by atoms with Crippen LogP contribution in [0.15, 0.2) is 72.8 Å². The second kappa shape index (κ2) is 10.8. The summed E-state index contributed by atoms with van der Waals surface area (Å²) in [5.41, 5.74) is 3.54. The molecule has 2 unspecified atom stereocenters. The van der Waals surface area contributed by atoms with Crippen molar-refractivity contribution in [2.75, 3.05) is 0 Å². The third kappa shape index (κ3) is 4.75. The zero-order valence-corrected chi connectivity index (χ0v) is 20.3. The van der Waals surface area contributed by atoms with Crippen LogP contribution in [0.5, 0.6) is 0 Å². The molecule has 0 fully saturated rings. The maximum Gasteiger partial charge on any atom is 0.550 e. The standard InChI is InChI=1S/C28H32O3P/c1-5-21-19-22(6-2)26(23(7-3)20-21)28(8-4,27(29)24-15-11-9-12-16-24)31-32(30)25-17-13-10-14-18-25/h9-20H,5-8H2,1-4H3/q+1. The molecule has 3 aromatic carbocycles. The van der Waals surface area contributed by atoms with Gasteiger partial charge in [0.2, 0.25) is 16.7 Å². The summed E-state index contributed by atoms with van der Waals surface area (Å²) in [6.45, 7) is 8.28. The lowest BCUT2D eigenvalue weighted by Gasteiger charge is -2.31. The SMILES string of the molecule is CCc1cc(CC)c(C(CC)(O[P+](=O)c2ccccc2)C(=O)c2ccccc2)c(CC)c1. The van der Waals surface area contributed by atoms with Crippen molar-refractivity contribution in [1.82, 2.24) is 0 Å². The van der Waals surface area contributed by atoms with E-state index in [1.165, 1.54) is 5.56 Å². The minimum Gasteiger partial charge on any atom is -0.290 e. The fourth-order valence-corrected chi connectivity index (χ4v) is 5.40. The van der Waals surface area contributed by atoms with Crippen molar-refractivity contribution in [1.29, 1.82) is 0 Å². The van der Waals surface area contributed by atoms with E-state index in [1.54, 1.807) is 12.1 Å². The molecule has 3 nitrogen and oxygen atoms in total. The fourth-order valence-electron chi connectivity index (χ4n) is 4.29. The van der Waals surface area contributed by atoms with E-state index in [4.69, 9.17) is 4.52 Å². The van der Waals surface area contributed by atoms with E-state index < -0.39 is 13.6 Å². The monoisotopic (exact) mass is 447 g/mol. The van der Waals surface area contributed by atoms with Crippen LogP contribution in [0, 0.1) is 0 Å². The molecule has 0 saturated carbocycles. The lowest BCUT2D eigenvalue weighted by molar-refractivity contribution is 0.0452. The Bertz CT molecular complexity index is 1050. The summed E-state index contributed by atoms with van der Waals surface area (Å²) >= 11 is 0. The van der Waals surface area contributed by atoms with Gasteiger partial charge in [-0.15, -0.1) is 4.52 Å². The van der Waals surface area contributed by atoms with Gasteiger partial charge in [0.05, 0.1) is 0 Å². The first-order valence-corrected chi connectivity index (χ1v) is 12.6. The summed E-state index contributed by atoms with van der Waals surface area (Å²) in [7, 11) is -2.23. The van der Waals surface area contributed by atoms with Crippen LogP contribution < -0.4 is 5.30 Å². The maximum absolute atomic E-state index is 14.1. The Morgan fingerprint density at radius 2 is 1.34 bits per heavy atom. The number of carbonyl (C=O) groups excluding carboxylic acids is 1. The van der Waals surface area contributed by atoms with Crippen LogP contribution in [-0.2, 0) is 34.0 Å².